The Bertz CT molecular complexity index is 416. The topological polar surface area (TPSA) is 80.4 Å². The number of benzene rings is 1. The van der Waals surface area contributed by atoms with Crippen molar-refractivity contribution in [1.29, 1.82) is 0 Å². The van der Waals surface area contributed by atoms with Crippen molar-refractivity contribution in [1.82, 2.24) is 0 Å². The normalized spacial score (nSPS) is 11.1. The number of alkyl halides is 2. The van der Waals surface area contributed by atoms with E-state index in [4.69, 9.17) is 5.11 Å². The number of nitrogens with zero attached hydrogens (tertiary/aromatic N) is 1. The van der Waals surface area contributed by atoms with E-state index in [9.17, 15) is 23.7 Å². The number of nitro benzene ring substituents is 1. The van der Waals surface area contributed by atoms with Crippen LogP contribution >= 0.6 is 0 Å². The van der Waals surface area contributed by atoms with E-state index in [-0.39, 0.29) is 5.69 Å². The molecule has 0 saturated carbocycles. The number of carboxylic acids is 1. The first-order chi connectivity index (χ1) is 7.33. The minimum atomic E-state index is -3.53. The maximum Gasteiger partial charge on any atom is 0.309 e. The molecule has 0 unspecified atom stereocenters. The molecule has 0 aromatic heterocycles. The molecule has 7 heteroatoms. The van der Waals surface area contributed by atoms with Crippen molar-refractivity contribution in [3.8, 4) is 0 Å². The molecule has 0 fully saturated rings. The van der Waals surface area contributed by atoms with E-state index in [1.165, 1.54) is 0 Å². The molecule has 5 nitrogen and oxygen atoms in total. The molecule has 0 amide bonds. The van der Waals surface area contributed by atoms with E-state index in [0.717, 1.165) is 24.3 Å². The van der Waals surface area contributed by atoms with Crippen LogP contribution in [0.25, 0.3) is 0 Å². The summed E-state index contributed by atoms with van der Waals surface area (Å²) in [7, 11) is 0. The molecule has 0 spiro atoms. The van der Waals surface area contributed by atoms with Crippen LogP contribution in [0, 0.1) is 10.1 Å². The van der Waals surface area contributed by atoms with Crippen LogP contribution in [0.1, 0.15) is 12.0 Å². The lowest BCUT2D eigenvalue weighted by Crippen LogP contribution is -2.18. The van der Waals surface area contributed by atoms with E-state index in [1.54, 1.807) is 0 Å². The fraction of sp³-hybridized carbons (Fsp3) is 0.222. The quantitative estimate of drug-likeness (QED) is 0.635. The van der Waals surface area contributed by atoms with Gasteiger partial charge in [0.2, 0.25) is 0 Å². The van der Waals surface area contributed by atoms with Crippen LogP contribution in [-0.2, 0) is 10.7 Å². The van der Waals surface area contributed by atoms with Crippen molar-refractivity contribution in [2.24, 2.45) is 0 Å². The van der Waals surface area contributed by atoms with Crippen molar-refractivity contribution in [3.63, 3.8) is 0 Å². The maximum atomic E-state index is 13.2. The number of non-ortho nitro benzene ring substituents is 1. The Morgan fingerprint density at radius 1 is 1.38 bits per heavy atom. The minimum absolute atomic E-state index is 0.324. The molecule has 0 heterocycles. The monoisotopic (exact) mass is 231 g/mol. The van der Waals surface area contributed by atoms with Crippen LogP contribution in [0.3, 0.4) is 0 Å². The number of nitro groups is 1. The standard InChI is InChI=1S/C9H7F2NO4/c10-9(11,5-8(13)14)6-1-3-7(4-2-6)12(15)16/h1-4H,5H2,(H,13,14). The van der Waals surface area contributed by atoms with Crippen LogP contribution < -0.4 is 0 Å². The van der Waals surface area contributed by atoms with Gasteiger partial charge in [0.1, 0.15) is 6.42 Å². The van der Waals surface area contributed by atoms with E-state index in [2.05, 4.69) is 0 Å². The Balaban J connectivity index is 2.96. The highest BCUT2D eigenvalue weighted by Crippen LogP contribution is 2.32. The van der Waals surface area contributed by atoms with E-state index in [1.807, 2.05) is 0 Å². The average Bonchev–Trinajstić information content (AvgIpc) is 2.16. The molecule has 0 aliphatic carbocycles. The summed E-state index contributed by atoms with van der Waals surface area (Å²) in [6, 6.07) is 3.51. The van der Waals surface area contributed by atoms with Crippen LogP contribution in [0.15, 0.2) is 24.3 Å². The Morgan fingerprint density at radius 2 is 1.88 bits per heavy atom. The summed E-state index contributed by atoms with van der Waals surface area (Å²) >= 11 is 0. The van der Waals surface area contributed by atoms with Crippen LogP contribution in [0.5, 0.6) is 0 Å². The van der Waals surface area contributed by atoms with Crippen molar-refractivity contribution in [3.05, 3.63) is 39.9 Å². The summed E-state index contributed by atoms with van der Waals surface area (Å²) in [5.41, 5.74) is -0.879. The second kappa shape index (κ2) is 4.21. The molecule has 1 N–H and O–H groups in total. The van der Waals surface area contributed by atoms with Gasteiger partial charge in [-0.2, -0.15) is 0 Å². The molecular formula is C9H7F2NO4. The summed E-state index contributed by atoms with van der Waals surface area (Å²) in [4.78, 5) is 19.7. The molecule has 0 bridgehead atoms. The third-order valence-electron chi connectivity index (χ3n) is 1.87. The summed E-state index contributed by atoms with van der Waals surface area (Å²) in [6.45, 7) is 0. The molecular weight excluding hydrogens is 224 g/mol. The predicted molar refractivity (Wildman–Crippen MR) is 49.2 cm³/mol. The van der Waals surface area contributed by atoms with Crippen molar-refractivity contribution >= 4 is 11.7 Å². The minimum Gasteiger partial charge on any atom is -0.481 e. The van der Waals surface area contributed by atoms with Gasteiger partial charge >= 0.3 is 5.97 Å². The number of hydrogen-bond donors (Lipinski definition) is 1. The Hall–Kier alpha value is -2.05. The van der Waals surface area contributed by atoms with E-state index >= 15 is 0 Å². The summed E-state index contributed by atoms with van der Waals surface area (Å²) in [5, 5.41) is 18.5. The molecule has 0 radical (unpaired) electrons. The third kappa shape index (κ3) is 2.72. The van der Waals surface area contributed by atoms with Gasteiger partial charge in [0, 0.05) is 17.7 Å². The first-order valence-electron chi connectivity index (χ1n) is 4.17. The molecule has 0 atom stereocenters. The second-order valence-electron chi connectivity index (χ2n) is 3.08. The molecule has 1 aromatic rings. The van der Waals surface area contributed by atoms with Gasteiger partial charge in [-0.3, -0.25) is 14.9 Å². The number of carbonyl (C=O) groups is 1. The van der Waals surface area contributed by atoms with Gasteiger partial charge in [-0.15, -0.1) is 0 Å². The summed E-state index contributed by atoms with van der Waals surface area (Å²) in [5.74, 6) is -5.16. The number of halogens is 2. The van der Waals surface area contributed by atoms with Crippen molar-refractivity contribution < 1.29 is 23.6 Å². The highest BCUT2D eigenvalue weighted by Gasteiger charge is 2.34. The highest BCUT2D eigenvalue weighted by molar-refractivity contribution is 5.68. The number of aliphatic carboxylic acids is 1. The van der Waals surface area contributed by atoms with Crippen LogP contribution in [0.2, 0.25) is 0 Å². The Kier molecular flexibility index (Phi) is 3.17. The predicted octanol–water partition coefficient (Wildman–Crippen LogP) is 2.16. The zero-order valence-corrected chi connectivity index (χ0v) is 7.89. The molecule has 1 aromatic carbocycles. The fourth-order valence-electron chi connectivity index (χ4n) is 1.12. The van der Waals surface area contributed by atoms with Crippen LogP contribution in [0.4, 0.5) is 14.5 Å². The first kappa shape index (κ1) is 12.0. The van der Waals surface area contributed by atoms with Gasteiger partial charge in [-0.25, -0.2) is 8.78 Å². The molecule has 86 valence electrons. The van der Waals surface area contributed by atoms with E-state index < -0.39 is 28.8 Å². The number of rotatable bonds is 4. The summed E-state index contributed by atoms with van der Waals surface area (Å²) in [6.07, 6.45) is -1.34. The van der Waals surface area contributed by atoms with Gasteiger partial charge in [0.05, 0.1) is 4.92 Å². The van der Waals surface area contributed by atoms with Gasteiger partial charge in [-0.05, 0) is 12.1 Å². The Labute approximate surface area is 88.5 Å². The third-order valence-corrected chi connectivity index (χ3v) is 1.87. The highest BCUT2D eigenvalue weighted by atomic mass is 19.3. The van der Waals surface area contributed by atoms with Gasteiger partial charge in [-0.1, -0.05) is 0 Å². The zero-order valence-electron chi connectivity index (χ0n) is 7.89. The summed E-state index contributed by atoms with van der Waals surface area (Å²) < 4.78 is 26.4. The van der Waals surface area contributed by atoms with Crippen molar-refractivity contribution in [2.75, 3.05) is 0 Å². The Morgan fingerprint density at radius 3 is 2.25 bits per heavy atom. The first-order valence-corrected chi connectivity index (χ1v) is 4.17. The second-order valence-corrected chi connectivity index (χ2v) is 3.08. The SMILES string of the molecule is O=C(O)CC(F)(F)c1ccc([N+](=O)[O-])cc1. The number of carboxylic acid groups (broad SMARTS) is 1. The maximum absolute atomic E-state index is 13.2. The lowest BCUT2D eigenvalue weighted by molar-refractivity contribution is -0.384. The largest absolute Gasteiger partial charge is 0.481 e. The van der Waals surface area contributed by atoms with Crippen LogP contribution in [-0.4, -0.2) is 16.0 Å². The van der Waals surface area contributed by atoms with E-state index in [0.29, 0.717) is 0 Å². The number of hydrogen-bond acceptors (Lipinski definition) is 3. The zero-order chi connectivity index (χ0) is 12.3. The van der Waals surface area contributed by atoms with Crippen molar-refractivity contribution in [2.45, 2.75) is 12.3 Å². The molecule has 16 heavy (non-hydrogen) atoms. The molecule has 0 saturated heterocycles. The lowest BCUT2D eigenvalue weighted by atomic mass is 10.1. The molecule has 0 aliphatic rings. The smallest absolute Gasteiger partial charge is 0.309 e. The average molecular weight is 231 g/mol. The molecule has 0 aliphatic heterocycles. The van der Waals surface area contributed by atoms with Gasteiger partial charge in [0.15, 0.2) is 0 Å². The lowest BCUT2D eigenvalue weighted by Gasteiger charge is -2.13. The molecule has 1 rings (SSSR count). The van der Waals surface area contributed by atoms with Gasteiger partial charge in [0.25, 0.3) is 11.6 Å². The fourth-order valence-corrected chi connectivity index (χ4v) is 1.12. The van der Waals surface area contributed by atoms with Gasteiger partial charge < -0.3 is 5.11 Å².